The fourth-order valence-electron chi connectivity index (χ4n) is 1.51. The SMILES string of the molecule is Cl.Clc1ccc([C@@H]2COCCN2)cc1Cl. The molecule has 0 spiro atoms. The van der Waals surface area contributed by atoms with Crippen LogP contribution in [0, 0.1) is 0 Å². The number of nitrogens with one attached hydrogen (secondary N) is 1. The summed E-state index contributed by atoms with van der Waals surface area (Å²) >= 11 is 11.8. The minimum absolute atomic E-state index is 0. The maximum Gasteiger partial charge on any atom is 0.0662 e. The van der Waals surface area contributed by atoms with Crippen LogP contribution in [0.3, 0.4) is 0 Å². The third-order valence-electron chi connectivity index (χ3n) is 2.27. The van der Waals surface area contributed by atoms with E-state index in [-0.39, 0.29) is 18.4 Å². The van der Waals surface area contributed by atoms with E-state index in [4.69, 9.17) is 27.9 Å². The molecule has 1 atom stereocenters. The molecule has 0 amide bonds. The number of morpholine rings is 1. The molecule has 2 rings (SSSR count). The Balaban J connectivity index is 0.00000112. The van der Waals surface area contributed by atoms with Crippen LogP contribution in [0.15, 0.2) is 18.2 Å². The number of halogens is 3. The molecule has 0 bridgehead atoms. The van der Waals surface area contributed by atoms with E-state index in [2.05, 4.69) is 5.32 Å². The molecular weight excluding hydrogens is 256 g/mol. The first-order valence-electron chi connectivity index (χ1n) is 4.53. The number of rotatable bonds is 1. The van der Waals surface area contributed by atoms with Crippen molar-refractivity contribution in [1.82, 2.24) is 5.32 Å². The van der Waals surface area contributed by atoms with Gasteiger partial charge in [-0.3, -0.25) is 0 Å². The van der Waals surface area contributed by atoms with E-state index in [1.807, 2.05) is 18.2 Å². The summed E-state index contributed by atoms with van der Waals surface area (Å²) in [7, 11) is 0. The Morgan fingerprint density at radius 3 is 2.67 bits per heavy atom. The number of hydrogen-bond acceptors (Lipinski definition) is 2. The van der Waals surface area contributed by atoms with Gasteiger partial charge in [-0.2, -0.15) is 0 Å². The zero-order chi connectivity index (χ0) is 9.97. The maximum atomic E-state index is 5.93. The van der Waals surface area contributed by atoms with Gasteiger partial charge < -0.3 is 10.1 Å². The third kappa shape index (κ3) is 3.23. The summed E-state index contributed by atoms with van der Waals surface area (Å²) in [5.41, 5.74) is 1.12. The van der Waals surface area contributed by atoms with Crippen molar-refractivity contribution in [2.24, 2.45) is 0 Å². The van der Waals surface area contributed by atoms with E-state index in [0.29, 0.717) is 16.7 Å². The first kappa shape index (κ1) is 13.1. The van der Waals surface area contributed by atoms with Gasteiger partial charge in [-0.15, -0.1) is 12.4 Å². The molecule has 2 nitrogen and oxygen atoms in total. The molecular formula is C10H12Cl3NO. The molecule has 1 heterocycles. The van der Waals surface area contributed by atoms with Gasteiger partial charge in [-0.05, 0) is 17.7 Å². The topological polar surface area (TPSA) is 21.3 Å². The van der Waals surface area contributed by atoms with Crippen molar-refractivity contribution in [3.05, 3.63) is 33.8 Å². The molecule has 1 fully saturated rings. The van der Waals surface area contributed by atoms with Crippen LogP contribution in [0.2, 0.25) is 10.0 Å². The number of ether oxygens (including phenoxy) is 1. The Kier molecular flexibility index (Phi) is 5.16. The van der Waals surface area contributed by atoms with Gasteiger partial charge >= 0.3 is 0 Å². The summed E-state index contributed by atoms with van der Waals surface area (Å²) in [6.07, 6.45) is 0. The predicted molar refractivity (Wildman–Crippen MR) is 65.3 cm³/mol. The summed E-state index contributed by atoms with van der Waals surface area (Å²) < 4.78 is 5.37. The molecule has 84 valence electrons. The smallest absolute Gasteiger partial charge is 0.0662 e. The molecule has 0 aliphatic carbocycles. The van der Waals surface area contributed by atoms with Crippen LogP contribution >= 0.6 is 35.6 Å². The predicted octanol–water partition coefficient (Wildman–Crippen LogP) is 3.08. The van der Waals surface area contributed by atoms with Gasteiger partial charge in [0.15, 0.2) is 0 Å². The van der Waals surface area contributed by atoms with Gasteiger partial charge in [0.1, 0.15) is 0 Å². The lowest BCUT2D eigenvalue weighted by atomic mass is 10.1. The molecule has 5 heteroatoms. The van der Waals surface area contributed by atoms with E-state index in [0.717, 1.165) is 18.7 Å². The van der Waals surface area contributed by atoms with Crippen molar-refractivity contribution >= 4 is 35.6 Å². The first-order chi connectivity index (χ1) is 6.77. The fraction of sp³-hybridized carbons (Fsp3) is 0.400. The molecule has 0 radical (unpaired) electrons. The van der Waals surface area contributed by atoms with Crippen LogP contribution in [-0.4, -0.2) is 19.8 Å². The Morgan fingerprint density at radius 1 is 1.27 bits per heavy atom. The summed E-state index contributed by atoms with van der Waals surface area (Å²) in [5, 5.41) is 4.54. The highest BCUT2D eigenvalue weighted by Gasteiger charge is 2.15. The van der Waals surface area contributed by atoms with Gasteiger partial charge in [-0.1, -0.05) is 29.3 Å². The minimum atomic E-state index is 0. The molecule has 1 aromatic rings. The molecule has 1 aliphatic rings. The molecule has 0 saturated carbocycles. The van der Waals surface area contributed by atoms with Crippen LogP contribution in [-0.2, 0) is 4.74 Å². The van der Waals surface area contributed by atoms with Crippen molar-refractivity contribution in [2.75, 3.05) is 19.8 Å². The molecule has 1 N–H and O–H groups in total. The van der Waals surface area contributed by atoms with Gasteiger partial charge in [0.25, 0.3) is 0 Å². The highest BCUT2D eigenvalue weighted by molar-refractivity contribution is 6.42. The minimum Gasteiger partial charge on any atom is -0.378 e. The summed E-state index contributed by atoms with van der Waals surface area (Å²) in [4.78, 5) is 0. The monoisotopic (exact) mass is 267 g/mol. The third-order valence-corrected chi connectivity index (χ3v) is 3.01. The standard InChI is InChI=1S/C10H11Cl2NO.ClH/c11-8-2-1-7(5-9(8)12)10-6-14-4-3-13-10;/h1-2,5,10,13H,3-4,6H2;1H/t10-;/m0./s1. The lowest BCUT2D eigenvalue weighted by Crippen LogP contribution is -2.34. The Bertz CT molecular complexity index is 326. The second-order valence-corrected chi connectivity index (χ2v) is 4.07. The van der Waals surface area contributed by atoms with Crippen LogP contribution in [0.1, 0.15) is 11.6 Å². The normalized spacial score (nSPS) is 20.8. The summed E-state index contributed by atoms with van der Waals surface area (Å²) in [6.45, 7) is 2.35. The Morgan fingerprint density at radius 2 is 2.07 bits per heavy atom. The van der Waals surface area contributed by atoms with E-state index in [9.17, 15) is 0 Å². The van der Waals surface area contributed by atoms with Gasteiger partial charge in [0.2, 0.25) is 0 Å². The second-order valence-electron chi connectivity index (χ2n) is 3.26. The van der Waals surface area contributed by atoms with Crippen molar-refractivity contribution in [2.45, 2.75) is 6.04 Å². The highest BCUT2D eigenvalue weighted by atomic mass is 35.5. The van der Waals surface area contributed by atoms with E-state index >= 15 is 0 Å². The largest absolute Gasteiger partial charge is 0.378 e. The second kappa shape index (κ2) is 5.92. The number of benzene rings is 1. The van der Waals surface area contributed by atoms with E-state index in [1.54, 1.807) is 0 Å². The number of hydrogen-bond donors (Lipinski definition) is 1. The molecule has 1 aliphatic heterocycles. The summed E-state index contributed by atoms with van der Waals surface area (Å²) in [5.74, 6) is 0. The molecule has 0 unspecified atom stereocenters. The molecule has 1 aromatic carbocycles. The van der Waals surface area contributed by atoms with Crippen molar-refractivity contribution < 1.29 is 4.74 Å². The van der Waals surface area contributed by atoms with Crippen molar-refractivity contribution in [3.63, 3.8) is 0 Å². The van der Waals surface area contributed by atoms with Crippen molar-refractivity contribution in [3.8, 4) is 0 Å². The van der Waals surface area contributed by atoms with Crippen LogP contribution in [0.4, 0.5) is 0 Å². The quantitative estimate of drug-likeness (QED) is 0.845. The Labute approximate surface area is 105 Å². The zero-order valence-electron chi connectivity index (χ0n) is 8.00. The molecule has 15 heavy (non-hydrogen) atoms. The lowest BCUT2D eigenvalue weighted by molar-refractivity contribution is 0.0769. The maximum absolute atomic E-state index is 5.93. The highest BCUT2D eigenvalue weighted by Crippen LogP contribution is 2.26. The van der Waals surface area contributed by atoms with Gasteiger partial charge in [-0.25, -0.2) is 0 Å². The van der Waals surface area contributed by atoms with Gasteiger partial charge in [0, 0.05) is 6.54 Å². The summed E-state index contributed by atoms with van der Waals surface area (Å²) in [6, 6.07) is 5.91. The van der Waals surface area contributed by atoms with E-state index in [1.165, 1.54) is 0 Å². The average Bonchev–Trinajstić information content (AvgIpc) is 2.23. The zero-order valence-corrected chi connectivity index (χ0v) is 10.3. The van der Waals surface area contributed by atoms with Gasteiger partial charge in [0.05, 0.1) is 29.3 Å². The first-order valence-corrected chi connectivity index (χ1v) is 5.29. The lowest BCUT2D eigenvalue weighted by Gasteiger charge is -2.24. The molecule has 0 aromatic heterocycles. The molecule has 1 saturated heterocycles. The Hall–Kier alpha value is 0.01000. The van der Waals surface area contributed by atoms with Crippen LogP contribution < -0.4 is 5.32 Å². The average molecular weight is 269 g/mol. The van der Waals surface area contributed by atoms with E-state index < -0.39 is 0 Å². The van der Waals surface area contributed by atoms with Crippen LogP contribution in [0.5, 0.6) is 0 Å². The van der Waals surface area contributed by atoms with Crippen molar-refractivity contribution in [1.29, 1.82) is 0 Å². The van der Waals surface area contributed by atoms with Crippen LogP contribution in [0.25, 0.3) is 0 Å². The fourth-order valence-corrected chi connectivity index (χ4v) is 1.82.